The first-order valence-electron chi connectivity index (χ1n) is 14.4. The van der Waals surface area contributed by atoms with Crippen molar-refractivity contribution in [2.24, 2.45) is 5.73 Å². The van der Waals surface area contributed by atoms with Crippen LogP contribution < -0.4 is 30.9 Å². The number of rotatable bonds is 3. The molecule has 7 rings (SSSR count). The lowest BCUT2D eigenvalue weighted by atomic mass is 9.76. The molecule has 4 heterocycles. The number of hydrogen-bond acceptors (Lipinski definition) is 11. The predicted octanol–water partition coefficient (Wildman–Crippen LogP) is 3.22. The zero-order valence-corrected chi connectivity index (χ0v) is 23.8. The molecular formula is C31H32N4O9. The third-order valence-electron chi connectivity index (χ3n) is 7.91. The molecule has 4 aliphatic heterocycles. The first kappa shape index (κ1) is 29.2. The van der Waals surface area contributed by atoms with Gasteiger partial charge in [-0.2, -0.15) is 0 Å². The quantitative estimate of drug-likeness (QED) is 0.276. The second-order valence-corrected chi connectivity index (χ2v) is 10.7. The Balaban J connectivity index is 0.000000433. The lowest BCUT2D eigenvalue weighted by molar-refractivity contribution is 0.0222. The van der Waals surface area contributed by atoms with Crippen LogP contribution in [0.3, 0.4) is 0 Å². The smallest absolute Gasteiger partial charge is 0.409 e. The van der Waals surface area contributed by atoms with Crippen molar-refractivity contribution in [2.45, 2.75) is 24.9 Å². The molecule has 44 heavy (non-hydrogen) atoms. The minimum atomic E-state index is -1.58. The third kappa shape index (κ3) is 5.36. The van der Waals surface area contributed by atoms with Crippen molar-refractivity contribution in [3.8, 4) is 23.0 Å². The summed E-state index contributed by atoms with van der Waals surface area (Å²) < 4.78 is 17.1. The SMILES string of the molecule is C1CCNOCC1.NC(=O)Oc1ccc2c(c1)Oc1cc(O)ccc1C21OC(=O)c2c(C(=O)O)cc(N3CCNCC3)cc21. The number of aromatic carboxylic acids is 1. The number of carboxylic acid groups (broad SMARTS) is 1. The van der Waals surface area contributed by atoms with E-state index in [1.165, 1.54) is 49.6 Å². The molecule has 0 bridgehead atoms. The molecule has 6 N–H and O–H groups in total. The number of phenolic OH excluding ortho intramolecular Hbond substituents is 1. The minimum Gasteiger partial charge on any atom is -0.508 e. The number of phenols is 1. The van der Waals surface area contributed by atoms with Crippen molar-refractivity contribution in [1.29, 1.82) is 0 Å². The lowest BCUT2D eigenvalue weighted by Gasteiger charge is -2.37. The first-order valence-corrected chi connectivity index (χ1v) is 14.4. The highest BCUT2D eigenvalue weighted by Crippen LogP contribution is 2.58. The number of carbonyl (C=O) groups excluding carboxylic acids is 2. The summed E-state index contributed by atoms with van der Waals surface area (Å²) in [6.07, 6.45) is 2.77. The normalized spacial score (nSPS) is 20.1. The molecule has 3 aromatic rings. The van der Waals surface area contributed by atoms with Crippen LogP contribution in [0, 0.1) is 0 Å². The van der Waals surface area contributed by atoms with E-state index in [0.29, 0.717) is 35.5 Å². The number of fused-ring (bicyclic) bond motifs is 6. The van der Waals surface area contributed by atoms with E-state index in [1.807, 2.05) is 4.90 Å². The van der Waals surface area contributed by atoms with Crippen LogP contribution in [0.1, 0.15) is 56.7 Å². The zero-order valence-electron chi connectivity index (χ0n) is 23.8. The van der Waals surface area contributed by atoms with Gasteiger partial charge in [0.1, 0.15) is 23.0 Å². The number of nitrogens with zero attached hydrogens (tertiary/aromatic N) is 1. The van der Waals surface area contributed by atoms with Crippen molar-refractivity contribution < 1.29 is 43.6 Å². The number of benzene rings is 3. The van der Waals surface area contributed by atoms with Gasteiger partial charge in [-0.3, -0.25) is 0 Å². The second kappa shape index (κ2) is 12.0. The Kier molecular flexibility index (Phi) is 7.99. The number of hydroxylamine groups is 1. The Morgan fingerprint density at radius 3 is 2.43 bits per heavy atom. The number of piperazine rings is 1. The number of nitrogens with two attached hydrogens (primary N) is 1. The number of carboxylic acids is 1. The van der Waals surface area contributed by atoms with E-state index in [1.54, 1.807) is 18.2 Å². The number of hydrogen-bond donors (Lipinski definition) is 5. The van der Waals surface area contributed by atoms with E-state index >= 15 is 0 Å². The van der Waals surface area contributed by atoms with Crippen LogP contribution in [0.5, 0.6) is 23.0 Å². The summed E-state index contributed by atoms with van der Waals surface area (Å²) in [5.74, 6) is -1.69. The number of anilines is 1. The summed E-state index contributed by atoms with van der Waals surface area (Å²) in [5, 5.41) is 23.5. The highest BCUT2D eigenvalue weighted by molar-refractivity contribution is 6.07. The maximum Gasteiger partial charge on any atom is 0.409 e. The van der Waals surface area contributed by atoms with E-state index in [0.717, 1.165) is 26.2 Å². The average Bonchev–Trinajstić information content (AvgIpc) is 3.17. The third-order valence-corrected chi connectivity index (χ3v) is 7.91. The molecule has 3 aromatic carbocycles. The summed E-state index contributed by atoms with van der Waals surface area (Å²) in [6.45, 7) is 4.66. The molecule has 4 aliphatic rings. The molecular weight excluding hydrogens is 572 g/mol. The van der Waals surface area contributed by atoms with Crippen LogP contribution in [0.25, 0.3) is 0 Å². The van der Waals surface area contributed by atoms with Crippen molar-refractivity contribution in [1.82, 2.24) is 10.8 Å². The van der Waals surface area contributed by atoms with E-state index in [2.05, 4.69) is 10.8 Å². The van der Waals surface area contributed by atoms with Crippen LogP contribution >= 0.6 is 0 Å². The molecule has 2 saturated heterocycles. The Morgan fingerprint density at radius 1 is 0.932 bits per heavy atom. The molecule has 1 spiro atoms. The van der Waals surface area contributed by atoms with Crippen LogP contribution in [0.2, 0.25) is 0 Å². The van der Waals surface area contributed by atoms with E-state index < -0.39 is 23.6 Å². The molecule has 1 amide bonds. The molecule has 0 saturated carbocycles. The van der Waals surface area contributed by atoms with E-state index in [-0.39, 0.29) is 34.1 Å². The molecule has 0 radical (unpaired) electrons. The number of ether oxygens (including phenoxy) is 3. The van der Waals surface area contributed by atoms with Gasteiger partial charge in [0.2, 0.25) is 0 Å². The molecule has 230 valence electrons. The van der Waals surface area contributed by atoms with Gasteiger partial charge in [-0.1, -0.05) is 0 Å². The van der Waals surface area contributed by atoms with Crippen molar-refractivity contribution in [3.63, 3.8) is 0 Å². The fraction of sp³-hybridized carbons (Fsp3) is 0.323. The first-order chi connectivity index (χ1) is 21.3. The summed E-state index contributed by atoms with van der Waals surface area (Å²) in [4.78, 5) is 44.0. The second-order valence-electron chi connectivity index (χ2n) is 10.7. The highest BCUT2D eigenvalue weighted by Gasteiger charge is 2.55. The number of aromatic hydroxyl groups is 1. The van der Waals surface area contributed by atoms with Gasteiger partial charge in [-0.05, 0) is 55.7 Å². The van der Waals surface area contributed by atoms with Crippen LogP contribution in [0.4, 0.5) is 10.5 Å². The number of nitrogens with one attached hydrogen (secondary N) is 2. The van der Waals surface area contributed by atoms with Crippen molar-refractivity contribution >= 4 is 23.7 Å². The number of carbonyl (C=O) groups is 3. The van der Waals surface area contributed by atoms with Crippen molar-refractivity contribution in [2.75, 3.05) is 44.2 Å². The van der Waals surface area contributed by atoms with Gasteiger partial charge in [0, 0.05) is 67.2 Å². The predicted molar refractivity (Wildman–Crippen MR) is 156 cm³/mol. The summed E-state index contributed by atoms with van der Waals surface area (Å²) >= 11 is 0. The lowest BCUT2D eigenvalue weighted by Crippen LogP contribution is -2.43. The average molecular weight is 605 g/mol. The standard InChI is InChI=1S/C26H21N3O8.C5H11NO/c27-25(34)35-15-2-4-18-21(12-15)36-20-11-14(30)1-3-17(20)26(18)19-10-13(29-7-5-28-6-8-29)9-16(23(31)32)22(19)24(33)37-26;1-2-4-6-7-5-3-1/h1-4,9-12,28,30H,5-8H2,(H2,27,34)(H,31,32);6H,1-5H2. The maximum absolute atomic E-state index is 13.4. The minimum absolute atomic E-state index is 0.0595. The topological polar surface area (TPSA) is 182 Å². The Hall–Kier alpha value is -4.85. The fourth-order valence-electron chi connectivity index (χ4n) is 5.94. The zero-order chi connectivity index (χ0) is 30.8. The number of primary amides is 1. The van der Waals surface area contributed by atoms with Crippen molar-refractivity contribution in [3.05, 3.63) is 76.3 Å². The van der Waals surface area contributed by atoms with Crippen LogP contribution in [0.15, 0.2) is 48.5 Å². The molecule has 0 aromatic heterocycles. The van der Waals surface area contributed by atoms with Crippen LogP contribution in [-0.2, 0) is 15.2 Å². The molecule has 0 aliphatic carbocycles. The summed E-state index contributed by atoms with van der Waals surface area (Å²) in [5.41, 5.74) is 7.97. The van der Waals surface area contributed by atoms with Gasteiger partial charge in [-0.25, -0.2) is 19.9 Å². The van der Waals surface area contributed by atoms with Gasteiger partial charge in [0.15, 0.2) is 5.60 Å². The monoisotopic (exact) mass is 604 g/mol. The molecule has 13 heteroatoms. The number of amides is 1. The van der Waals surface area contributed by atoms with Gasteiger partial charge < -0.3 is 45.2 Å². The molecule has 1 unspecified atom stereocenters. The highest BCUT2D eigenvalue weighted by atomic mass is 16.6. The van der Waals surface area contributed by atoms with Gasteiger partial charge in [0.05, 0.1) is 17.7 Å². The Bertz CT molecular complexity index is 1600. The molecule has 2 fully saturated rings. The maximum atomic E-state index is 13.4. The van der Waals surface area contributed by atoms with Gasteiger partial charge in [0.25, 0.3) is 0 Å². The Morgan fingerprint density at radius 2 is 1.68 bits per heavy atom. The van der Waals surface area contributed by atoms with E-state index in [9.17, 15) is 24.6 Å². The van der Waals surface area contributed by atoms with Gasteiger partial charge >= 0.3 is 18.0 Å². The van der Waals surface area contributed by atoms with Gasteiger partial charge in [-0.15, -0.1) is 0 Å². The summed E-state index contributed by atoms with van der Waals surface area (Å²) in [7, 11) is 0. The fourth-order valence-corrected chi connectivity index (χ4v) is 5.94. The van der Waals surface area contributed by atoms with E-state index in [4.69, 9.17) is 24.8 Å². The Labute approximate surface area is 252 Å². The largest absolute Gasteiger partial charge is 0.508 e. The number of esters is 1. The van der Waals surface area contributed by atoms with Crippen LogP contribution in [-0.4, -0.2) is 67.6 Å². The molecule has 1 atom stereocenters. The summed E-state index contributed by atoms with van der Waals surface area (Å²) in [6, 6.07) is 12.1. The molecule has 13 nitrogen and oxygen atoms in total.